The molecule has 0 aliphatic heterocycles. The van der Waals surface area contributed by atoms with Crippen LogP contribution in [0.4, 0.5) is 0 Å². The van der Waals surface area contributed by atoms with Crippen molar-refractivity contribution in [2.75, 3.05) is 0 Å². The minimum absolute atomic E-state index is 0.453. The van der Waals surface area contributed by atoms with E-state index in [4.69, 9.17) is 9.84 Å². The molecule has 1 N–H and O–H groups in total. The summed E-state index contributed by atoms with van der Waals surface area (Å²) < 4.78 is 4.75. The fourth-order valence-corrected chi connectivity index (χ4v) is 0.642. The number of carbonyl (C=O) groups excluding carboxylic acids is 1. The molecule has 64 valence electrons. The van der Waals surface area contributed by atoms with Crippen LogP contribution in [0.25, 0.3) is 0 Å². The molecule has 0 aliphatic rings. The van der Waals surface area contributed by atoms with E-state index in [9.17, 15) is 4.79 Å². The Morgan fingerprint density at radius 3 is 2.73 bits per heavy atom. The highest BCUT2D eigenvalue weighted by Gasteiger charge is 2.14. The van der Waals surface area contributed by atoms with E-state index in [2.05, 4.69) is 6.58 Å². The van der Waals surface area contributed by atoms with Gasteiger partial charge in [0.25, 0.3) is 0 Å². The lowest BCUT2D eigenvalue weighted by atomic mass is 10.2. The maximum absolute atomic E-state index is 10.6. The molecule has 0 saturated carbocycles. The van der Waals surface area contributed by atoms with Gasteiger partial charge in [0.15, 0.2) is 0 Å². The van der Waals surface area contributed by atoms with Gasteiger partial charge < -0.3 is 9.84 Å². The maximum atomic E-state index is 10.6. The number of carbonyl (C=O) groups is 1. The van der Waals surface area contributed by atoms with E-state index < -0.39 is 18.2 Å². The van der Waals surface area contributed by atoms with Crippen LogP contribution in [0.5, 0.6) is 0 Å². The maximum Gasteiger partial charge on any atom is 0.330 e. The largest absolute Gasteiger partial charge is 0.457 e. The van der Waals surface area contributed by atoms with Gasteiger partial charge in [-0.3, -0.25) is 0 Å². The number of hydrogen-bond acceptors (Lipinski definition) is 3. The topological polar surface area (TPSA) is 46.5 Å². The van der Waals surface area contributed by atoms with Gasteiger partial charge in [0, 0.05) is 6.08 Å². The van der Waals surface area contributed by atoms with E-state index in [0.29, 0.717) is 6.42 Å². The summed E-state index contributed by atoms with van der Waals surface area (Å²) in [5.41, 5.74) is 0. The van der Waals surface area contributed by atoms with E-state index in [-0.39, 0.29) is 0 Å². The number of aliphatic hydroxyl groups is 1. The second-order valence-corrected chi connectivity index (χ2v) is 2.32. The summed E-state index contributed by atoms with van der Waals surface area (Å²) >= 11 is 0. The molecular formula is C8H14O3. The summed E-state index contributed by atoms with van der Waals surface area (Å²) in [6.07, 6.45) is 0.620. The Bertz CT molecular complexity index is 142. The summed E-state index contributed by atoms with van der Waals surface area (Å²) in [5.74, 6) is -0.495. The normalized spacial score (nSPS) is 15.2. The SMILES string of the molecule is C=CC(=O)OC(C)C(O)CC. The second-order valence-electron chi connectivity index (χ2n) is 2.32. The van der Waals surface area contributed by atoms with Crippen LogP contribution in [0, 0.1) is 0 Å². The van der Waals surface area contributed by atoms with E-state index >= 15 is 0 Å². The number of ether oxygens (including phenoxy) is 1. The van der Waals surface area contributed by atoms with Gasteiger partial charge in [-0.25, -0.2) is 4.79 Å². The lowest BCUT2D eigenvalue weighted by molar-refractivity contribution is -0.147. The van der Waals surface area contributed by atoms with E-state index in [1.54, 1.807) is 6.92 Å². The number of esters is 1. The molecule has 0 aromatic rings. The molecule has 0 radical (unpaired) electrons. The average molecular weight is 158 g/mol. The molecule has 0 spiro atoms. The lowest BCUT2D eigenvalue weighted by Crippen LogP contribution is -2.27. The number of aliphatic hydroxyl groups excluding tert-OH is 1. The minimum Gasteiger partial charge on any atom is -0.457 e. The summed E-state index contributed by atoms with van der Waals surface area (Å²) in [6, 6.07) is 0. The van der Waals surface area contributed by atoms with Gasteiger partial charge in [0.2, 0.25) is 0 Å². The summed E-state index contributed by atoms with van der Waals surface area (Å²) in [7, 11) is 0. The van der Waals surface area contributed by atoms with Crippen LogP contribution in [-0.4, -0.2) is 23.3 Å². The molecule has 2 atom stereocenters. The van der Waals surface area contributed by atoms with Crippen molar-refractivity contribution in [1.82, 2.24) is 0 Å². The molecule has 0 aromatic heterocycles. The quantitative estimate of drug-likeness (QED) is 0.488. The Kier molecular flexibility index (Phi) is 4.54. The Hall–Kier alpha value is -0.830. The smallest absolute Gasteiger partial charge is 0.330 e. The van der Waals surface area contributed by atoms with Crippen LogP contribution < -0.4 is 0 Å². The summed E-state index contributed by atoms with van der Waals surface area (Å²) in [4.78, 5) is 10.6. The summed E-state index contributed by atoms with van der Waals surface area (Å²) in [6.45, 7) is 6.71. The highest BCUT2D eigenvalue weighted by atomic mass is 16.6. The van der Waals surface area contributed by atoms with Crippen LogP contribution in [0.3, 0.4) is 0 Å². The van der Waals surface area contributed by atoms with Gasteiger partial charge in [-0.15, -0.1) is 0 Å². The lowest BCUT2D eigenvalue weighted by Gasteiger charge is -2.16. The zero-order chi connectivity index (χ0) is 8.85. The third-order valence-corrected chi connectivity index (χ3v) is 1.43. The fraction of sp³-hybridized carbons (Fsp3) is 0.625. The van der Waals surface area contributed by atoms with Gasteiger partial charge in [0.1, 0.15) is 6.10 Å². The van der Waals surface area contributed by atoms with Crippen molar-refractivity contribution in [2.24, 2.45) is 0 Å². The van der Waals surface area contributed by atoms with Gasteiger partial charge in [-0.2, -0.15) is 0 Å². The van der Waals surface area contributed by atoms with Crippen molar-refractivity contribution in [3.8, 4) is 0 Å². The van der Waals surface area contributed by atoms with Crippen LogP contribution in [0.15, 0.2) is 12.7 Å². The second kappa shape index (κ2) is 4.91. The molecule has 3 nitrogen and oxygen atoms in total. The Labute approximate surface area is 66.7 Å². The van der Waals surface area contributed by atoms with Crippen LogP contribution in [0.1, 0.15) is 20.3 Å². The first kappa shape index (κ1) is 10.2. The predicted octanol–water partition coefficient (Wildman–Crippen LogP) is 0.875. The molecule has 0 bridgehead atoms. The van der Waals surface area contributed by atoms with Crippen molar-refractivity contribution >= 4 is 5.97 Å². The third-order valence-electron chi connectivity index (χ3n) is 1.43. The van der Waals surface area contributed by atoms with Crippen molar-refractivity contribution in [1.29, 1.82) is 0 Å². The van der Waals surface area contributed by atoms with Crippen molar-refractivity contribution in [2.45, 2.75) is 32.5 Å². The zero-order valence-corrected chi connectivity index (χ0v) is 6.91. The molecule has 11 heavy (non-hydrogen) atoms. The van der Waals surface area contributed by atoms with E-state index in [0.717, 1.165) is 6.08 Å². The number of hydrogen-bond donors (Lipinski definition) is 1. The Morgan fingerprint density at radius 1 is 1.82 bits per heavy atom. The first-order valence-corrected chi connectivity index (χ1v) is 3.63. The molecule has 0 aliphatic carbocycles. The highest BCUT2D eigenvalue weighted by molar-refractivity contribution is 5.81. The van der Waals surface area contributed by atoms with Gasteiger partial charge in [-0.1, -0.05) is 13.5 Å². The molecule has 0 amide bonds. The van der Waals surface area contributed by atoms with E-state index in [1.165, 1.54) is 0 Å². The predicted molar refractivity (Wildman–Crippen MR) is 42.0 cm³/mol. The Morgan fingerprint density at radius 2 is 2.36 bits per heavy atom. The van der Waals surface area contributed by atoms with Crippen molar-refractivity contribution in [3.05, 3.63) is 12.7 Å². The third kappa shape index (κ3) is 3.78. The minimum atomic E-state index is -0.584. The van der Waals surface area contributed by atoms with Crippen LogP contribution in [-0.2, 0) is 9.53 Å². The molecule has 0 rings (SSSR count). The molecule has 0 saturated heterocycles. The number of rotatable bonds is 4. The molecule has 0 fully saturated rings. The first-order valence-electron chi connectivity index (χ1n) is 3.63. The standard InChI is InChI=1S/C8H14O3/c1-4-7(9)6(3)11-8(10)5-2/h5-7,9H,2,4H2,1,3H3. The van der Waals surface area contributed by atoms with Gasteiger partial charge in [-0.05, 0) is 13.3 Å². The highest BCUT2D eigenvalue weighted by Crippen LogP contribution is 2.02. The van der Waals surface area contributed by atoms with Crippen molar-refractivity contribution in [3.63, 3.8) is 0 Å². The molecule has 2 unspecified atom stereocenters. The average Bonchev–Trinajstić information content (AvgIpc) is 2.02. The van der Waals surface area contributed by atoms with Gasteiger partial charge >= 0.3 is 5.97 Å². The van der Waals surface area contributed by atoms with Crippen LogP contribution >= 0.6 is 0 Å². The monoisotopic (exact) mass is 158 g/mol. The van der Waals surface area contributed by atoms with Crippen LogP contribution in [0.2, 0.25) is 0 Å². The first-order chi connectivity index (χ1) is 5.11. The van der Waals surface area contributed by atoms with Crippen molar-refractivity contribution < 1.29 is 14.6 Å². The molecule has 0 aromatic carbocycles. The fourth-order valence-electron chi connectivity index (χ4n) is 0.642. The van der Waals surface area contributed by atoms with Gasteiger partial charge in [0.05, 0.1) is 6.10 Å². The van der Waals surface area contributed by atoms with E-state index in [1.807, 2.05) is 6.92 Å². The molecule has 3 heteroatoms. The molecule has 0 heterocycles. The summed E-state index contributed by atoms with van der Waals surface area (Å²) in [5, 5.41) is 9.16. The molecular weight excluding hydrogens is 144 g/mol. The zero-order valence-electron chi connectivity index (χ0n) is 6.91. The Balaban J connectivity index is 3.76.